The van der Waals surface area contributed by atoms with Gasteiger partial charge in [-0.05, 0) is 61.4 Å². The van der Waals surface area contributed by atoms with Crippen molar-refractivity contribution < 1.29 is 17.9 Å². The van der Waals surface area contributed by atoms with Gasteiger partial charge in [0.2, 0.25) is 10.0 Å². The Balaban J connectivity index is 1.53. The van der Waals surface area contributed by atoms with E-state index < -0.39 is 10.0 Å². The van der Waals surface area contributed by atoms with Crippen molar-refractivity contribution in [1.82, 2.24) is 4.72 Å². The fourth-order valence-corrected chi connectivity index (χ4v) is 4.67. The fourth-order valence-electron chi connectivity index (χ4n) is 3.10. The average molecular weight is 467 g/mol. The van der Waals surface area contributed by atoms with Crippen LogP contribution in [0.5, 0.6) is 5.75 Å². The van der Waals surface area contributed by atoms with Gasteiger partial charge in [-0.3, -0.25) is 4.79 Å². The van der Waals surface area contributed by atoms with Crippen molar-refractivity contribution in [2.75, 3.05) is 11.9 Å². The molecule has 1 amide bonds. The Labute approximate surface area is 173 Å². The van der Waals surface area contributed by atoms with E-state index in [4.69, 9.17) is 4.74 Å². The number of nitrogens with one attached hydrogen (secondary N) is 2. The first kappa shape index (κ1) is 20.8. The van der Waals surface area contributed by atoms with E-state index in [0.29, 0.717) is 11.4 Å². The molecule has 1 aliphatic carbocycles. The van der Waals surface area contributed by atoms with Gasteiger partial charge in [0.25, 0.3) is 5.91 Å². The normalized spacial score (nSPS) is 15.2. The molecule has 0 bridgehead atoms. The van der Waals surface area contributed by atoms with Crippen LogP contribution < -0.4 is 14.8 Å². The van der Waals surface area contributed by atoms with Crippen LogP contribution in [0, 0.1) is 0 Å². The lowest BCUT2D eigenvalue weighted by atomic mass is 9.96. The molecular weight excluding hydrogens is 444 g/mol. The van der Waals surface area contributed by atoms with Crippen LogP contribution in [-0.2, 0) is 14.8 Å². The highest BCUT2D eigenvalue weighted by Crippen LogP contribution is 2.21. The van der Waals surface area contributed by atoms with Crippen LogP contribution in [0.25, 0.3) is 0 Å². The van der Waals surface area contributed by atoms with Crippen LogP contribution >= 0.6 is 15.9 Å². The zero-order valence-electron chi connectivity index (χ0n) is 15.4. The first-order valence-electron chi connectivity index (χ1n) is 9.23. The average Bonchev–Trinajstić information content (AvgIpc) is 2.68. The van der Waals surface area contributed by atoms with Gasteiger partial charge >= 0.3 is 0 Å². The number of rotatable bonds is 7. The zero-order chi connectivity index (χ0) is 20.0. The summed E-state index contributed by atoms with van der Waals surface area (Å²) < 4.78 is 34.1. The highest BCUT2D eigenvalue weighted by atomic mass is 79.9. The van der Waals surface area contributed by atoms with E-state index in [1.165, 1.54) is 12.1 Å². The Bertz CT molecular complexity index is 893. The van der Waals surface area contributed by atoms with Gasteiger partial charge in [0.05, 0.1) is 4.90 Å². The number of anilines is 1. The molecule has 3 rings (SSSR count). The minimum Gasteiger partial charge on any atom is -0.484 e. The number of hydrogen-bond acceptors (Lipinski definition) is 4. The van der Waals surface area contributed by atoms with Crippen molar-refractivity contribution in [3.8, 4) is 5.75 Å². The maximum Gasteiger partial charge on any atom is 0.262 e. The first-order chi connectivity index (χ1) is 13.4. The topological polar surface area (TPSA) is 84.5 Å². The lowest BCUT2D eigenvalue weighted by molar-refractivity contribution is -0.118. The fraction of sp³-hybridized carbons (Fsp3) is 0.350. The highest BCUT2D eigenvalue weighted by molar-refractivity contribution is 9.10. The second-order valence-electron chi connectivity index (χ2n) is 6.77. The number of sulfonamides is 1. The molecule has 0 aliphatic heterocycles. The van der Waals surface area contributed by atoms with E-state index in [2.05, 4.69) is 26.0 Å². The lowest BCUT2D eigenvalue weighted by Gasteiger charge is -2.22. The molecule has 0 heterocycles. The molecule has 0 atom stereocenters. The molecule has 1 saturated carbocycles. The van der Waals surface area contributed by atoms with Gasteiger partial charge in [-0.2, -0.15) is 0 Å². The van der Waals surface area contributed by atoms with Crippen LogP contribution in [0.3, 0.4) is 0 Å². The van der Waals surface area contributed by atoms with E-state index in [1.807, 2.05) is 12.1 Å². The SMILES string of the molecule is O=C(COc1ccc(Br)cc1)Nc1ccc(S(=O)(=O)NC2CCCCC2)cc1. The van der Waals surface area contributed by atoms with Gasteiger partial charge in [0.15, 0.2) is 6.61 Å². The Morgan fingerprint density at radius 2 is 1.64 bits per heavy atom. The summed E-state index contributed by atoms with van der Waals surface area (Å²) in [6.45, 7) is -0.134. The summed E-state index contributed by atoms with van der Waals surface area (Å²) in [6.07, 6.45) is 5.04. The van der Waals surface area contributed by atoms with Gasteiger partial charge in [-0.15, -0.1) is 0 Å². The molecule has 2 aromatic carbocycles. The Morgan fingerprint density at radius 1 is 1.00 bits per heavy atom. The third-order valence-corrected chi connectivity index (χ3v) is 6.62. The molecule has 8 heteroatoms. The van der Waals surface area contributed by atoms with Gasteiger partial charge in [0.1, 0.15) is 5.75 Å². The van der Waals surface area contributed by atoms with Gasteiger partial charge < -0.3 is 10.1 Å². The summed E-state index contributed by atoms with van der Waals surface area (Å²) in [6, 6.07) is 13.3. The molecule has 0 unspecified atom stereocenters. The van der Waals surface area contributed by atoms with E-state index >= 15 is 0 Å². The van der Waals surface area contributed by atoms with E-state index in [1.54, 1.807) is 24.3 Å². The summed E-state index contributed by atoms with van der Waals surface area (Å²) in [5, 5.41) is 2.70. The quantitative estimate of drug-likeness (QED) is 0.643. The zero-order valence-corrected chi connectivity index (χ0v) is 17.8. The van der Waals surface area contributed by atoms with E-state index in [0.717, 1.165) is 36.6 Å². The summed E-state index contributed by atoms with van der Waals surface area (Å²) in [5.41, 5.74) is 0.515. The second-order valence-corrected chi connectivity index (χ2v) is 9.40. The number of carbonyl (C=O) groups excluding carboxylic acids is 1. The number of ether oxygens (including phenoxy) is 1. The standard InChI is InChI=1S/C20H23BrN2O4S/c21-15-6-10-18(11-7-15)27-14-20(24)22-16-8-12-19(13-9-16)28(25,26)23-17-4-2-1-3-5-17/h6-13,17,23H,1-5,14H2,(H,22,24). The number of hydrogen-bond donors (Lipinski definition) is 2. The van der Waals surface area contributed by atoms with Gasteiger partial charge in [-0.25, -0.2) is 13.1 Å². The van der Waals surface area contributed by atoms with Crippen molar-refractivity contribution in [3.63, 3.8) is 0 Å². The van der Waals surface area contributed by atoms with E-state index in [-0.39, 0.29) is 23.5 Å². The molecule has 150 valence electrons. The Morgan fingerprint density at radius 3 is 2.29 bits per heavy atom. The third kappa shape index (κ3) is 6.05. The predicted molar refractivity (Wildman–Crippen MR) is 112 cm³/mol. The number of benzene rings is 2. The molecule has 1 aliphatic rings. The molecule has 28 heavy (non-hydrogen) atoms. The Kier molecular flexibility index (Phi) is 7.09. The number of carbonyl (C=O) groups is 1. The Hall–Kier alpha value is -1.90. The summed E-state index contributed by atoms with van der Waals surface area (Å²) in [4.78, 5) is 12.2. The highest BCUT2D eigenvalue weighted by Gasteiger charge is 2.21. The van der Waals surface area contributed by atoms with Crippen molar-refractivity contribution in [2.24, 2.45) is 0 Å². The van der Waals surface area contributed by atoms with Crippen LogP contribution in [-0.4, -0.2) is 27.0 Å². The summed E-state index contributed by atoms with van der Waals surface area (Å²) >= 11 is 3.33. The minimum absolute atomic E-state index is 0.00823. The lowest BCUT2D eigenvalue weighted by Crippen LogP contribution is -2.36. The van der Waals surface area contributed by atoms with Crippen LogP contribution in [0.15, 0.2) is 57.9 Å². The largest absolute Gasteiger partial charge is 0.484 e. The summed E-state index contributed by atoms with van der Waals surface area (Å²) in [7, 11) is -3.55. The third-order valence-electron chi connectivity index (χ3n) is 4.56. The van der Waals surface area contributed by atoms with Gasteiger partial charge in [-0.1, -0.05) is 35.2 Å². The number of amides is 1. The molecular formula is C20H23BrN2O4S. The molecule has 2 aromatic rings. The molecule has 0 radical (unpaired) electrons. The van der Waals surface area contributed by atoms with E-state index in [9.17, 15) is 13.2 Å². The molecule has 0 aromatic heterocycles. The van der Waals surface area contributed by atoms with Crippen LogP contribution in [0.1, 0.15) is 32.1 Å². The van der Waals surface area contributed by atoms with Crippen molar-refractivity contribution >= 4 is 37.5 Å². The number of halogens is 1. The van der Waals surface area contributed by atoms with Crippen LogP contribution in [0.2, 0.25) is 0 Å². The minimum atomic E-state index is -3.55. The monoisotopic (exact) mass is 466 g/mol. The maximum atomic E-state index is 12.5. The smallest absolute Gasteiger partial charge is 0.262 e. The molecule has 1 fully saturated rings. The predicted octanol–water partition coefficient (Wildman–Crippen LogP) is 4.08. The molecule has 6 nitrogen and oxygen atoms in total. The second kappa shape index (κ2) is 9.54. The van der Waals surface area contributed by atoms with Crippen molar-refractivity contribution in [3.05, 3.63) is 53.0 Å². The summed E-state index contributed by atoms with van der Waals surface area (Å²) in [5.74, 6) is 0.271. The molecule has 2 N–H and O–H groups in total. The van der Waals surface area contributed by atoms with Crippen LogP contribution in [0.4, 0.5) is 5.69 Å². The van der Waals surface area contributed by atoms with Gasteiger partial charge in [0, 0.05) is 16.2 Å². The van der Waals surface area contributed by atoms with Crippen molar-refractivity contribution in [1.29, 1.82) is 0 Å². The molecule has 0 spiro atoms. The first-order valence-corrected chi connectivity index (χ1v) is 11.5. The molecule has 0 saturated heterocycles. The van der Waals surface area contributed by atoms with Crippen molar-refractivity contribution in [2.45, 2.75) is 43.0 Å². The maximum absolute atomic E-state index is 12.5.